The van der Waals surface area contributed by atoms with Gasteiger partial charge in [0.1, 0.15) is 11.6 Å². The number of fused-ring (bicyclic) bond motifs is 1. The second-order valence-electron chi connectivity index (χ2n) is 2.83. The molecule has 2 rings (SSSR count). The minimum Gasteiger partial charge on any atom is -0.493 e. The van der Waals surface area contributed by atoms with Crippen LogP contribution in [0.2, 0.25) is 0 Å². The number of hydrogen-bond donors (Lipinski definition) is 2. The summed E-state index contributed by atoms with van der Waals surface area (Å²) in [7, 11) is 0. The Hall–Kier alpha value is -2.29. The van der Waals surface area contributed by atoms with Crippen molar-refractivity contribution >= 4 is 5.65 Å². The van der Waals surface area contributed by atoms with Gasteiger partial charge < -0.3 is 10.1 Å². The van der Waals surface area contributed by atoms with Crippen molar-refractivity contribution in [1.82, 2.24) is 14.6 Å². The summed E-state index contributed by atoms with van der Waals surface area (Å²) in [5, 5.41) is 22.0. The first-order chi connectivity index (χ1) is 6.65. The minimum atomic E-state index is -0.424. The molecule has 0 saturated heterocycles. The van der Waals surface area contributed by atoms with Gasteiger partial charge in [-0.05, 0) is 6.92 Å². The number of nitriles is 1. The molecule has 0 amide bonds. The summed E-state index contributed by atoms with van der Waals surface area (Å²) in [6, 6.07) is 1.86. The summed E-state index contributed by atoms with van der Waals surface area (Å²) in [4.78, 5) is 13.7. The van der Waals surface area contributed by atoms with Gasteiger partial charge in [0.15, 0.2) is 5.65 Å². The van der Waals surface area contributed by atoms with E-state index in [1.54, 1.807) is 0 Å². The van der Waals surface area contributed by atoms with Crippen LogP contribution in [-0.4, -0.2) is 19.7 Å². The molecule has 2 heterocycles. The number of nitrogens with one attached hydrogen (secondary N) is 1. The summed E-state index contributed by atoms with van der Waals surface area (Å²) in [5.41, 5.74) is 0.176. The Morgan fingerprint density at radius 3 is 3.07 bits per heavy atom. The van der Waals surface area contributed by atoms with Crippen molar-refractivity contribution in [2.24, 2.45) is 0 Å². The fourth-order valence-corrected chi connectivity index (χ4v) is 1.17. The van der Waals surface area contributed by atoms with E-state index >= 15 is 0 Å². The molecule has 70 valence electrons. The van der Waals surface area contributed by atoms with E-state index in [9.17, 15) is 9.90 Å². The third kappa shape index (κ3) is 0.894. The van der Waals surface area contributed by atoms with E-state index < -0.39 is 5.56 Å². The van der Waals surface area contributed by atoms with Crippen molar-refractivity contribution in [3.05, 3.63) is 27.7 Å². The highest BCUT2D eigenvalue weighted by Gasteiger charge is 2.11. The van der Waals surface area contributed by atoms with Gasteiger partial charge in [0.25, 0.3) is 5.56 Å². The van der Waals surface area contributed by atoms with E-state index in [0.717, 1.165) is 4.52 Å². The lowest BCUT2D eigenvalue weighted by Gasteiger charge is -1.99. The molecule has 0 saturated carbocycles. The average molecular weight is 190 g/mol. The van der Waals surface area contributed by atoms with Crippen LogP contribution in [-0.2, 0) is 0 Å². The van der Waals surface area contributed by atoms with Crippen molar-refractivity contribution in [2.45, 2.75) is 6.92 Å². The van der Waals surface area contributed by atoms with Crippen LogP contribution >= 0.6 is 0 Å². The summed E-state index contributed by atoms with van der Waals surface area (Å²) < 4.78 is 1.12. The molecule has 0 aliphatic rings. The number of rotatable bonds is 0. The number of aromatic hydroxyl groups is 1. The number of aromatic nitrogens is 3. The largest absolute Gasteiger partial charge is 0.493 e. The highest BCUT2D eigenvalue weighted by Crippen LogP contribution is 2.14. The van der Waals surface area contributed by atoms with Crippen LogP contribution in [0.3, 0.4) is 0 Å². The third-order valence-electron chi connectivity index (χ3n) is 2.00. The number of nitrogens with zero attached hydrogens (tertiary/aromatic N) is 3. The minimum absolute atomic E-state index is 0.171. The number of aromatic amines is 1. The van der Waals surface area contributed by atoms with Crippen LogP contribution < -0.4 is 5.56 Å². The van der Waals surface area contributed by atoms with Crippen LogP contribution in [0.15, 0.2) is 11.0 Å². The van der Waals surface area contributed by atoms with Crippen LogP contribution in [0.5, 0.6) is 5.88 Å². The molecular weight excluding hydrogens is 184 g/mol. The molecular formula is C8H6N4O2. The molecule has 6 nitrogen and oxygen atoms in total. The Labute approximate surface area is 78.0 Å². The second-order valence-corrected chi connectivity index (χ2v) is 2.83. The fraction of sp³-hybridized carbons (Fsp3) is 0.125. The molecule has 0 atom stereocenters. The monoisotopic (exact) mass is 190 g/mol. The van der Waals surface area contributed by atoms with E-state index in [-0.39, 0.29) is 22.7 Å². The molecule has 0 aliphatic carbocycles. The van der Waals surface area contributed by atoms with Crippen LogP contribution in [0, 0.1) is 18.3 Å². The van der Waals surface area contributed by atoms with Crippen molar-refractivity contribution < 1.29 is 5.11 Å². The molecule has 6 heteroatoms. The Bertz CT molecular complexity index is 602. The molecule has 0 radical (unpaired) electrons. The average Bonchev–Trinajstić information content (AvgIpc) is 2.57. The predicted molar refractivity (Wildman–Crippen MR) is 46.9 cm³/mol. The molecule has 0 fully saturated rings. The SMILES string of the molecule is Cc1c(O)n2ncc(C#N)c2[nH]c1=O. The van der Waals surface area contributed by atoms with Gasteiger partial charge in [0.2, 0.25) is 5.88 Å². The first-order valence-corrected chi connectivity index (χ1v) is 3.85. The lowest BCUT2D eigenvalue weighted by atomic mass is 10.3. The van der Waals surface area contributed by atoms with Gasteiger partial charge in [-0.25, -0.2) is 0 Å². The Kier molecular flexibility index (Phi) is 1.54. The smallest absolute Gasteiger partial charge is 0.257 e. The first-order valence-electron chi connectivity index (χ1n) is 3.85. The maximum Gasteiger partial charge on any atom is 0.257 e. The number of hydrogen-bond acceptors (Lipinski definition) is 4. The van der Waals surface area contributed by atoms with E-state index in [0.29, 0.717) is 0 Å². The molecule has 2 aromatic rings. The van der Waals surface area contributed by atoms with E-state index in [1.165, 1.54) is 13.1 Å². The Balaban J connectivity index is 3.03. The van der Waals surface area contributed by atoms with Gasteiger partial charge >= 0.3 is 0 Å². The van der Waals surface area contributed by atoms with Crippen molar-refractivity contribution in [3.8, 4) is 11.9 Å². The molecule has 2 aromatic heterocycles. The van der Waals surface area contributed by atoms with Gasteiger partial charge in [-0.3, -0.25) is 4.79 Å². The van der Waals surface area contributed by atoms with Gasteiger partial charge in [0, 0.05) is 0 Å². The maximum absolute atomic E-state index is 11.3. The second kappa shape index (κ2) is 2.60. The topological polar surface area (TPSA) is 94.2 Å². The lowest BCUT2D eigenvalue weighted by Crippen LogP contribution is -2.12. The predicted octanol–water partition coefficient (Wildman–Crippen LogP) is -0.0917. The molecule has 2 N–H and O–H groups in total. The van der Waals surface area contributed by atoms with Gasteiger partial charge in [0.05, 0.1) is 11.8 Å². The van der Waals surface area contributed by atoms with E-state index in [2.05, 4.69) is 10.1 Å². The fourth-order valence-electron chi connectivity index (χ4n) is 1.17. The van der Waals surface area contributed by atoms with Crippen LogP contribution in [0.1, 0.15) is 11.1 Å². The molecule has 0 unspecified atom stereocenters. The molecule has 14 heavy (non-hydrogen) atoms. The zero-order valence-electron chi connectivity index (χ0n) is 7.27. The van der Waals surface area contributed by atoms with E-state index in [4.69, 9.17) is 5.26 Å². The Morgan fingerprint density at radius 1 is 1.71 bits per heavy atom. The molecule has 0 bridgehead atoms. The maximum atomic E-state index is 11.3. The normalized spacial score (nSPS) is 10.3. The van der Waals surface area contributed by atoms with Crippen LogP contribution in [0.25, 0.3) is 5.65 Å². The molecule has 0 spiro atoms. The number of H-pyrrole nitrogens is 1. The highest BCUT2D eigenvalue weighted by molar-refractivity contribution is 5.55. The van der Waals surface area contributed by atoms with Gasteiger partial charge in [-0.15, -0.1) is 0 Å². The summed E-state index contributed by atoms with van der Waals surface area (Å²) in [6.45, 7) is 1.47. The van der Waals surface area contributed by atoms with Crippen molar-refractivity contribution in [3.63, 3.8) is 0 Å². The van der Waals surface area contributed by atoms with Crippen molar-refractivity contribution in [2.75, 3.05) is 0 Å². The van der Waals surface area contributed by atoms with Crippen LogP contribution in [0.4, 0.5) is 0 Å². The molecule has 0 aromatic carbocycles. The third-order valence-corrected chi connectivity index (χ3v) is 2.00. The molecule has 0 aliphatic heterocycles. The van der Waals surface area contributed by atoms with E-state index in [1.807, 2.05) is 6.07 Å². The van der Waals surface area contributed by atoms with Gasteiger partial charge in [-0.2, -0.15) is 14.9 Å². The van der Waals surface area contributed by atoms with Crippen molar-refractivity contribution in [1.29, 1.82) is 5.26 Å². The summed E-state index contributed by atoms with van der Waals surface area (Å²) in [6.07, 6.45) is 1.28. The zero-order chi connectivity index (χ0) is 10.3. The standard InChI is InChI=1S/C8H6N4O2/c1-4-7(13)11-6-5(2-9)3-10-12(6)8(4)14/h3,14H,1H3,(H,11,13). The summed E-state index contributed by atoms with van der Waals surface area (Å²) >= 11 is 0. The highest BCUT2D eigenvalue weighted by atomic mass is 16.3. The Morgan fingerprint density at radius 2 is 2.43 bits per heavy atom. The summed E-state index contributed by atoms with van der Waals surface area (Å²) in [5.74, 6) is -0.245. The quantitative estimate of drug-likeness (QED) is 0.606. The zero-order valence-corrected chi connectivity index (χ0v) is 7.27. The lowest BCUT2D eigenvalue weighted by molar-refractivity contribution is 0.429. The first kappa shape index (κ1) is 8.31. The van der Waals surface area contributed by atoms with Gasteiger partial charge in [-0.1, -0.05) is 0 Å².